The quantitative estimate of drug-likeness (QED) is 0.519. The van der Waals surface area contributed by atoms with E-state index in [1.165, 1.54) is 48.2 Å². The molecule has 0 saturated carbocycles. The van der Waals surface area contributed by atoms with E-state index < -0.39 is 0 Å². The molecule has 25 heavy (non-hydrogen) atoms. The minimum Gasteiger partial charge on any atom is -0.351 e. The van der Waals surface area contributed by atoms with Crippen LogP contribution in [0.15, 0.2) is 59.9 Å². The zero-order valence-electron chi connectivity index (χ0n) is 13.1. The maximum Gasteiger partial charge on any atom is 0.251 e. The molecular formula is C18H15F2N3OS. The second-order valence-electron chi connectivity index (χ2n) is 5.22. The van der Waals surface area contributed by atoms with Crippen molar-refractivity contribution in [1.29, 1.82) is 0 Å². The summed E-state index contributed by atoms with van der Waals surface area (Å²) in [5.41, 5.74) is 2.08. The van der Waals surface area contributed by atoms with Crippen molar-refractivity contribution in [2.24, 2.45) is 0 Å². The minimum atomic E-state index is -0.373. The van der Waals surface area contributed by atoms with E-state index in [2.05, 4.69) is 15.3 Å². The topological polar surface area (TPSA) is 57.8 Å². The van der Waals surface area contributed by atoms with Gasteiger partial charge in [-0.05, 0) is 54.1 Å². The molecule has 4 nitrogen and oxygen atoms in total. The van der Waals surface area contributed by atoms with Crippen LogP contribution < -0.4 is 5.32 Å². The molecular weight excluding hydrogens is 344 g/mol. The van der Waals surface area contributed by atoms with Gasteiger partial charge in [0.1, 0.15) is 11.6 Å². The van der Waals surface area contributed by atoms with Crippen molar-refractivity contribution >= 4 is 17.7 Å². The number of carbonyl (C=O) groups is 1. The van der Waals surface area contributed by atoms with Crippen molar-refractivity contribution in [2.75, 3.05) is 12.3 Å². The molecule has 3 aromatic rings. The predicted octanol–water partition coefficient (Wildman–Crippen LogP) is 3.88. The largest absolute Gasteiger partial charge is 0.351 e. The van der Waals surface area contributed by atoms with Crippen molar-refractivity contribution in [2.45, 2.75) is 5.16 Å². The average Bonchev–Trinajstić information content (AvgIpc) is 3.09. The summed E-state index contributed by atoms with van der Waals surface area (Å²) in [6.45, 7) is 0.452. The molecule has 0 aliphatic rings. The molecule has 2 aromatic carbocycles. The number of carbonyl (C=O) groups excluding carboxylic acids is 1. The first-order chi connectivity index (χ1) is 12.1. The van der Waals surface area contributed by atoms with Crippen LogP contribution in [0.3, 0.4) is 0 Å². The molecule has 128 valence electrons. The van der Waals surface area contributed by atoms with Gasteiger partial charge < -0.3 is 10.3 Å². The van der Waals surface area contributed by atoms with Crippen molar-refractivity contribution in [1.82, 2.24) is 15.3 Å². The Bertz CT molecular complexity index is 848. The SMILES string of the molecule is O=C(NCCSc1ncc(-c2ccc(F)cc2)[nH]1)c1ccc(F)cc1. The van der Waals surface area contributed by atoms with Crippen LogP contribution in [-0.4, -0.2) is 28.2 Å². The highest BCUT2D eigenvalue weighted by Gasteiger charge is 2.06. The Morgan fingerprint density at radius 3 is 2.36 bits per heavy atom. The smallest absolute Gasteiger partial charge is 0.251 e. The average molecular weight is 359 g/mol. The first-order valence-corrected chi connectivity index (χ1v) is 8.58. The Kier molecular flexibility index (Phi) is 5.45. The Morgan fingerprint density at radius 2 is 1.68 bits per heavy atom. The molecule has 0 spiro atoms. The molecule has 0 aliphatic carbocycles. The Morgan fingerprint density at radius 1 is 1.04 bits per heavy atom. The molecule has 0 radical (unpaired) electrons. The maximum atomic E-state index is 12.9. The van der Waals surface area contributed by atoms with Crippen molar-refractivity contribution < 1.29 is 13.6 Å². The van der Waals surface area contributed by atoms with Gasteiger partial charge in [0.25, 0.3) is 5.91 Å². The van der Waals surface area contributed by atoms with Gasteiger partial charge in [0.15, 0.2) is 5.16 Å². The molecule has 1 heterocycles. The summed E-state index contributed by atoms with van der Waals surface area (Å²) >= 11 is 1.46. The molecule has 0 atom stereocenters. The number of hydrogen-bond donors (Lipinski definition) is 2. The second kappa shape index (κ2) is 7.94. The van der Waals surface area contributed by atoms with Gasteiger partial charge in [0, 0.05) is 17.9 Å². The van der Waals surface area contributed by atoms with Gasteiger partial charge in [-0.15, -0.1) is 0 Å². The van der Waals surface area contributed by atoms with Crippen LogP contribution in [-0.2, 0) is 0 Å². The summed E-state index contributed by atoms with van der Waals surface area (Å²) in [5.74, 6) is -0.271. The van der Waals surface area contributed by atoms with E-state index in [9.17, 15) is 13.6 Å². The third-order valence-electron chi connectivity index (χ3n) is 3.44. The summed E-state index contributed by atoms with van der Waals surface area (Å²) < 4.78 is 25.8. The lowest BCUT2D eigenvalue weighted by Crippen LogP contribution is -2.25. The van der Waals surface area contributed by atoms with Crippen molar-refractivity contribution in [3.05, 3.63) is 71.9 Å². The lowest BCUT2D eigenvalue weighted by atomic mass is 10.2. The number of benzene rings is 2. The van der Waals surface area contributed by atoms with Gasteiger partial charge in [-0.2, -0.15) is 0 Å². The zero-order valence-corrected chi connectivity index (χ0v) is 13.9. The third kappa shape index (κ3) is 4.67. The predicted molar refractivity (Wildman–Crippen MR) is 93.4 cm³/mol. The first kappa shape index (κ1) is 17.2. The highest BCUT2D eigenvalue weighted by molar-refractivity contribution is 7.99. The van der Waals surface area contributed by atoms with E-state index >= 15 is 0 Å². The molecule has 0 saturated heterocycles. The first-order valence-electron chi connectivity index (χ1n) is 7.59. The van der Waals surface area contributed by atoms with Crippen LogP contribution >= 0.6 is 11.8 Å². The molecule has 1 aromatic heterocycles. The van der Waals surface area contributed by atoms with Crippen LogP contribution in [0.5, 0.6) is 0 Å². The highest BCUT2D eigenvalue weighted by atomic mass is 32.2. The Labute approximate surface area is 147 Å². The molecule has 0 aliphatic heterocycles. The van der Waals surface area contributed by atoms with Gasteiger partial charge in [-0.1, -0.05) is 11.8 Å². The lowest BCUT2D eigenvalue weighted by Gasteiger charge is -2.04. The molecule has 2 N–H and O–H groups in total. The van der Waals surface area contributed by atoms with Crippen LogP contribution in [0.2, 0.25) is 0 Å². The fourth-order valence-electron chi connectivity index (χ4n) is 2.17. The number of aromatic nitrogens is 2. The number of H-pyrrole nitrogens is 1. The molecule has 0 unspecified atom stereocenters. The number of rotatable bonds is 6. The minimum absolute atomic E-state index is 0.243. The number of halogens is 2. The summed E-state index contributed by atoms with van der Waals surface area (Å²) in [5, 5.41) is 3.49. The van der Waals surface area contributed by atoms with Gasteiger partial charge in [0.05, 0.1) is 11.9 Å². The Hall–Kier alpha value is -2.67. The van der Waals surface area contributed by atoms with E-state index in [4.69, 9.17) is 0 Å². The number of aromatic amines is 1. The van der Waals surface area contributed by atoms with Gasteiger partial charge in [0.2, 0.25) is 0 Å². The maximum absolute atomic E-state index is 12.9. The lowest BCUT2D eigenvalue weighted by molar-refractivity contribution is 0.0956. The van der Waals surface area contributed by atoms with E-state index in [0.29, 0.717) is 17.9 Å². The number of nitrogens with zero attached hydrogens (tertiary/aromatic N) is 1. The summed E-state index contributed by atoms with van der Waals surface area (Å²) in [7, 11) is 0. The van der Waals surface area contributed by atoms with Crippen molar-refractivity contribution in [3.8, 4) is 11.3 Å². The fourth-order valence-corrected chi connectivity index (χ4v) is 2.87. The molecule has 7 heteroatoms. The standard InChI is InChI=1S/C18H15F2N3OS/c19-14-5-1-12(2-6-14)16-11-22-18(23-16)25-10-9-21-17(24)13-3-7-15(20)8-4-13/h1-8,11H,9-10H2,(H,21,24)(H,22,23). The summed E-state index contributed by atoms with van der Waals surface area (Å²) in [6.07, 6.45) is 1.69. The molecule has 0 bridgehead atoms. The van der Waals surface area contributed by atoms with Crippen molar-refractivity contribution in [3.63, 3.8) is 0 Å². The van der Waals surface area contributed by atoms with Crippen LogP contribution in [0.1, 0.15) is 10.4 Å². The number of hydrogen-bond acceptors (Lipinski definition) is 3. The monoisotopic (exact) mass is 359 g/mol. The number of imidazole rings is 1. The Balaban J connectivity index is 1.47. The fraction of sp³-hybridized carbons (Fsp3) is 0.111. The number of nitrogens with one attached hydrogen (secondary N) is 2. The third-order valence-corrected chi connectivity index (χ3v) is 4.33. The van der Waals surface area contributed by atoms with Gasteiger partial charge in [-0.3, -0.25) is 4.79 Å². The normalized spacial score (nSPS) is 10.6. The van der Waals surface area contributed by atoms with Crippen LogP contribution in [0.4, 0.5) is 8.78 Å². The highest BCUT2D eigenvalue weighted by Crippen LogP contribution is 2.21. The summed E-state index contributed by atoms with van der Waals surface area (Å²) in [6, 6.07) is 11.5. The van der Waals surface area contributed by atoms with Gasteiger partial charge >= 0.3 is 0 Å². The second-order valence-corrected chi connectivity index (χ2v) is 6.30. The van der Waals surface area contributed by atoms with E-state index in [1.54, 1.807) is 18.3 Å². The number of thioether (sulfide) groups is 1. The van der Waals surface area contributed by atoms with Crippen LogP contribution in [0, 0.1) is 11.6 Å². The zero-order chi connectivity index (χ0) is 17.6. The molecule has 0 fully saturated rings. The van der Waals surface area contributed by atoms with Gasteiger partial charge in [-0.25, -0.2) is 13.8 Å². The van der Waals surface area contributed by atoms with Crippen LogP contribution in [0.25, 0.3) is 11.3 Å². The molecule has 3 rings (SSSR count). The van der Waals surface area contributed by atoms with E-state index in [0.717, 1.165) is 16.4 Å². The van der Waals surface area contributed by atoms with E-state index in [-0.39, 0.29) is 17.5 Å². The number of amides is 1. The van der Waals surface area contributed by atoms with E-state index in [1.807, 2.05) is 0 Å². The molecule has 1 amide bonds. The summed E-state index contributed by atoms with van der Waals surface area (Å²) in [4.78, 5) is 19.3.